The zero-order valence-corrected chi connectivity index (χ0v) is 13.2. The molecule has 0 spiro atoms. The average molecular weight is 350 g/mol. The maximum Gasteiger partial charge on any atom is 0.274 e. The molecule has 0 bridgehead atoms. The van der Waals surface area contributed by atoms with Gasteiger partial charge in [0.05, 0.1) is 20.4 Å². The average Bonchev–Trinajstić information content (AvgIpc) is 2.54. The second-order valence-corrected chi connectivity index (χ2v) is 5.24. The van der Waals surface area contributed by atoms with Crippen molar-refractivity contribution in [3.8, 4) is 0 Å². The Labute approximate surface area is 141 Å². The molecule has 0 aliphatic heterocycles. The molecule has 9 heteroatoms. The summed E-state index contributed by atoms with van der Waals surface area (Å²) in [6.07, 6.45) is 0.485. The summed E-state index contributed by atoms with van der Waals surface area (Å²) >= 11 is 5.89. The van der Waals surface area contributed by atoms with Gasteiger partial charge in [0.1, 0.15) is 0 Å². The zero-order valence-electron chi connectivity index (χ0n) is 12.5. The number of halogens is 1. The molecule has 0 aliphatic rings. The Bertz CT molecular complexity index is 838. The van der Waals surface area contributed by atoms with E-state index in [9.17, 15) is 25.0 Å². The zero-order chi connectivity index (χ0) is 17.9. The van der Waals surface area contributed by atoms with Crippen LogP contribution in [-0.2, 0) is 6.42 Å². The number of aryl methyl sites for hydroxylation is 1. The third-order valence-corrected chi connectivity index (χ3v) is 3.64. The highest BCUT2D eigenvalue weighted by Crippen LogP contribution is 2.26. The molecule has 0 aromatic heterocycles. The monoisotopic (exact) mass is 349 g/mol. The molecule has 8 nitrogen and oxygen atoms in total. The lowest BCUT2D eigenvalue weighted by molar-refractivity contribution is -0.385. The van der Waals surface area contributed by atoms with Crippen LogP contribution in [0.5, 0.6) is 0 Å². The van der Waals surface area contributed by atoms with Crippen LogP contribution in [0.25, 0.3) is 0 Å². The van der Waals surface area contributed by atoms with E-state index in [1.165, 1.54) is 12.1 Å². The van der Waals surface area contributed by atoms with Crippen LogP contribution in [0.3, 0.4) is 0 Å². The maximum atomic E-state index is 12.2. The van der Waals surface area contributed by atoms with Crippen molar-refractivity contribution in [1.29, 1.82) is 0 Å². The van der Waals surface area contributed by atoms with Gasteiger partial charge in [-0.2, -0.15) is 0 Å². The fraction of sp³-hybridized carbons (Fsp3) is 0.133. The highest BCUT2D eigenvalue weighted by molar-refractivity contribution is 6.34. The SMILES string of the molecule is CCc1ccc(NC(=O)c2ccc([N+](=O)[O-])cc2Cl)cc1[N+](=O)[O-]. The minimum atomic E-state index is -0.625. The van der Waals surface area contributed by atoms with Gasteiger partial charge < -0.3 is 5.32 Å². The van der Waals surface area contributed by atoms with E-state index in [1.807, 2.05) is 0 Å². The van der Waals surface area contributed by atoms with Crippen LogP contribution in [0.15, 0.2) is 36.4 Å². The second-order valence-electron chi connectivity index (χ2n) is 4.83. The van der Waals surface area contributed by atoms with Crippen LogP contribution >= 0.6 is 11.6 Å². The lowest BCUT2D eigenvalue weighted by atomic mass is 10.1. The number of hydrogen-bond donors (Lipinski definition) is 1. The second kappa shape index (κ2) is 7.05. The molecule has 0 fully saturated rings. The van der Waals surface area contributed by atoms with Crippen molar-refractivity contribution in [1.82, 2.24) is 0 Å². The predicted octanol–water partition coefficient (Wildman–Crippen LogP) is 3.97. The van der Waals surface area contributed by atoms with E-state index in [2.05, 4.69) is 5.32 Å². The normalized spacial score (nSPS) is 10.2. The van der Waals surface area contributed by atoms with E-state index < -0.39 is 15.8 Å². The van der Waals surface area contributed by atoms with Crippen LogP contribution in [0, 0.1) is 20.2 Å². The molecule has 0 atom stereocenters. The smallest absolute Gasteiger partial charge is 0.274 e. The molecule has 2 rings (SSSR count). The maximum absolute atomic E-state index is 12.2. The van der Waals surface area contributed by atoms with E-state index >= 15 is 0 Å². The van der Waals surface area contributed by atoms with Gasteiger partial charge in [-0.3, -0.25) is 25.0 Å². The lowest BCUT2D eigenvalue weighted by Crippen LogP contribution is -2.13. The molecule has 24 heavy (non-hydrogen) atoms. The first-order valence-corrected chi connectivity index (χ1v) is 7.24. The molecule has 0 aliphatic carbocycles. The Morgan fingerprint density at radius 1 is 1.12 bits per heavy atom. The van der Waals surface area contributed by atoms with E-state index in [0.29, 0.717) is 12.0 Å². The molecular weight excluding hydrogens is 338 g/mol. The first kappa shape index (κ1) is 17.4. The number of benzene rings is 2. The molecule has 0 heterocycles. The summed E-state index contributed by atoms with van der Waals surface area (Å²) in [7, 11) is 0. The fourth-order valence-corrected chi connectivity index (χ4v) is 2.37. The fourth-order valence-electron chi connectivity index (χ4n) is 2.11. The Morgan fingerprint density at radius 3 is 2.38 bits per heavy atom. The number of rotatable bonds is 5. The number of anilines is 1. The Kier molecular flexibility index (Phi) is 5.10. The summed E-state index contributed by atoms with van der Waals surface area (Å²) in [6.45, 7) is 1.79. The third kappa shape index (κ3) is 3.66. The summed E-state index contributed by atoms with van der Waals surface area (Å²) < 4.78 is 0. The standard InChI is InChI=1S/C15H12ClN3O5/c1-2-9-3-4-10(7-14(9)19(23)24)17-15(20)12-6-5-11(18(21)22)8-13(12)16/h3-8H,2H2,1H3,(H,17,20). The molecule has 2 aromatic rings. The van der Waals surface area contributed by atoms with E-state index in [4.69, 9.17) is 11.6 Å². The number of nitro groups is 2. The molecular formula is C15H12ClN3O5. The summed E-state index contributed by atoms with van der Waals surface area (Å²) in [4.78, 5) is 32.8. The van der Waals surface area contributed by atoms with Crippen LogP contribution in [-0.4, -0.2) is 15.8 Å². The van der Waals surface area contributed by atoms with Crippen molar-refractivity contribution >= 4 is 34.6 Å². The highest BCUT2D eigenvalue weighted by Gasteiger charge is 2.17. The van der Waals surface area contributed by atoms with Crippen LogP contribution < -0.4 is 5.32 Å². The number of nitrogens with zero attached hydrogens (tertiary/aromatic N) is 2. The van der Waals surface area contributed by atoms with Gasteiger partial charge in [-0.25, -0.2) is 0 Å². The summed E-state index contributed by atoms with van der Waals surface area (Å²) in [5, 5.41) is 24.1. The number of hydrogen-bond acceptors (Lipinski definition) is 5. The molecule has 1 N–H and O–H groups in total. The van der Waals surface area contributed by atoms with Gasteiger partial charge in [0.2, 0.25) is 0 Å². The summed E-state index contributed by atoms with van der Waals surface area (Å²) in [5.41, 5.74) is 0.485. The highest BCUT2D eigenvalue weighted by atomic mass is 35.5. The first-order chi connectivity index (χ1) is 11.3. The van der Waals surface area contributed by atoms with Crippen molar-refractivity contribution in [3.05, 3.63) is 72.8 Å². The molecule has 2 aromatic carbocycles. The lowest BCUT2D eigenvalue weighted by Gasteiger charge is -2.08. The number of nitrogens with one attached hydrogen (secondary N) is 1. The number of amides is 1. The van der Waals surface area contributed by atoms with Crippen LogP contribution in [0.2, 0.25) is 5.02 Å². The topological polar surface area (TPSA) is 115 Å². The Balaban J connectivity index is 2.28. The quantitative estimate of drug-likeness (QED) is 0.647. The van der Waals surface area contributed by atoms with Gasteiger partial charge in [0.15, 0.2) is 0 Å². The Hall–Kier alpha value is -3.00. The van der Waals surface area contributed by atoms with Crippen molar-refractivity contribution in [2.45, 2.75) is 13.3 Å². The molecule has 1 amide bonds. The molecule has 0 radical (unpaired) electrons. The molecule has 124 valence electrons. The van der Waals surface area contributed by atoms with Crippen LogP contribution in [0.4, 0.5) is 17.1 Å². The number of carbonyl (C=O) groups excluding carboxylic acids is 1. The van der Waals surface area contributed by atoms with Gasteiger partial charge in [-0.15, -0.1) is 0 Å². The Morgan fingerprint density at radius 2 is 1.83 bits per heavy atom. The van der Waals surface area contributed by atoms with Crippen LogP contribution in [0.1, 0.15) is 22.8 Å². The predicted molar refractivity (Wildman–Crippen MR) is 88.5 cm³/mol. The van der Waals surface area contributed by atoms with Gasteiger partial charge in [-0.1, -0.05) is 24.6 Å². The van der Waals surface area contributed by atoms with Crippen molar-refractivity contribution in [2.75, 3.05) is 5.32 Å². The number of carbonyl (C=O) groups is 1. The van der Waals surface area contributed by atoms with Gasteiger partial charge in [0.25, 0.3) is 17.3 Å². The number of nitro benzene ring substituents is 2. The van der Waals surface area contributed by atoms with Crippen molar-refractivity contribution in [3.63, 3.8) is 0 Å². The number of non-ortho nitro benzene ring substituents is 1. The van der Waals surface area contributed by atoms with Crippen molar-refractivity contribution < 1.29 is 14.6 Å². The van der Waals surface area contributed by atoms with Gasteiger partial charge in [-0.05, 0) is 18.6 Å². The molecule has 0 saturated heterocycles. The van der Waals surface area contributed by atoms with Gasteiger partial charge in [0, 0.05) is 29.4 Å². The molecule has 0 saturated carbocycles. The van der Waals surface area contributed by atoms with Crippen molar-refractivity contribution in [2.24, 2.45) is 0 Å². The summed E-state index contributed by atoms with van der Waals surface area (Å²) in [6, 6.07) is 7.82. The van der Waals surface area contributed by atoms with E-state index in [0.717, 1.165) is 12.1 Å². The minimum Gasteiger partial charge on any atom is -0.322 e. The van der Waals surface area contributed by atoms with Gasteiger partial charge >= 0.3 is 0 Å². The van der Waals surface area contributed by atoms with E-state index in [1.54, 1.807) is 19.1 Å². The minimum absolute atomic E-state index is 0.0319. The van der Waals surface area contributed by atoms with E-state index in [-0.39, 0.29) is 27.6 Å². The first-order valence-electron chi connectivity index (χ1n) is 6.86. The molecule has 0 unspecified atom stereocenters. The third-order valence-electron chi connectivity index (χ3n) is 3.33. The summed E-state index contributed by atoms with van der Waals surface area (Å²) in [5.74, 6) is -0.617. The largest absolute Gasteiger partial charge is 0.322 e.